The van der Waals surface area contributed by atoms with Crippen LogP contribution in [0.3, 0.4) is 0 Å². The van der Waals surface area contributed by atoms with E-state index in [0.29, 0.717) is 16.8 Å². The number of aromatic nitrogens is 3. The van der Waals surface area contributed by atoms with Crippen molar-refractivity contribution in [3.05, 3.63) is 82.9 Å². The van der Waals surface area contributed by atoms with Crippen LogP contribution in [0.15, 0.2) is 71.8 Å². The Morgan fingerprint density at radius 3 is 2.43 bits per heavy atom. The van der Waals surface area contributed by atoms with Gasteiger partial charge in [-0.05, 0) is 66.4 Å². The third kappa shape index (κ3) is 5.28. The van der Waals surface area contributed by atoms with E-state index in [1.165, 1.54) is 29.2 Å². The van der Waals surface area contributed by atoms with E-state index in [2.05, 4.69) is 16.9 Å². The number of alkyl halides is 3. The highest BCUT2D eigenvalue weighted by Crippen LogP contribution is 2.31. The fourth-order valence-electron chi connectivity index (χ4n) is 4.59. The first-order chi connectivity index (χ1) is 16.3. The van der Waals surface area contributed by atoms with Crippen LogP contribution in [0.4, 0.5) is 13.2 Å². The molecule has 0 amide bonds. The Hall–Kier alpha value is -3.10. The lowest BCUT2D eigenvalue weighted by Crippen LogP contribution is -2.25. The number of fused-ring (bicyclic) bond motifs is 1. The van der Waals surface area contributed by atoms with Gasteiger partial charge in [-0.2, -0.15) is 18.3 Å². The molecule has 1 aliphatic heterocycles. The quantitative estimate of drug-likeness (QED) is 0.355. The molecule has 2 aromatic carbocycles. The zero-order valence-corrected chi connectivity index (χ0v) is 20.0. The topological polar surface area (TPSA) is 43.1 Å². The second kappa shape index (κ2) is 9.87. The SMILES string of the molecule is C[C@H]1CCN(CCn2ncc3cc(-n4ccc(-c5ccc(C(F)(F)F)cc5)cc4=O)ccc32)C1.Cl. The predicted octanol–water partition coefficient (Wildman–Crippen LogP) is 5.64. The van der Waals surface area contributed by atoms with Crippen LogP contribution in [0.2, 0.25) is 0 Å². The third-order valence-electron chi connectivity index (χ3n) is 6.50. The molecule has 0 spiro atoms. The van der Waals surface area contributed by atoms with Gasteiger partial charge >= 0.3 is 6.18 Å². The molecular formula is C26H26ClF3N4O. The Balaban J connectivity index is 0.00000289. The van der Waals surface area contributed by atoms with Gasteiger partial charge in [0.25, 0.3) is 5.56 Å². The van der Waals surface area contributed by atoms with E-state index >= 15 is 0 Å². The minimum Gasteiger partial charge on any atom is -0.301 e. The van der Waals surface area contributed by atoms with E-state index in [9.17, 15) is 18.0 Å². The molecule has 2 aromatic heterocycles. The van der Waals surface area contributed by atoms with Gasteiger partial charge < -0.3 is 4.90 Å². The normalized spacial score (nSPS) is 16.5. The van der Waals surface area contributed by atoms with Gasteiger partial charge in [0, 0.05) is 36.4 Å². The van der Waals surface area contributed by atoms with E-state index in [-0.39, 0.29) is 18.0 Å². The molecule has 3 heterocycles. The average molecular weight is 503 g/mol. The van der Waals surface area contributed by atoms with E-state index < -0.39 is 11.7 Å². The van der Waals surface area contributed by atoms with Gasteiger partial charge in [-0.15, -0.1) is 12.4 Å². The van der Waals surface area contributed by atoms with Gasteiger partial charge in [0.1, 0.15) is 0 Å². The first kappa shape index (κ1) is 25.0. The van der Waals surface area contributed by atoms with Crippen molar-refractivity contribution < 1.29 is 13.2 Å². The highest BCUT2D eigenvalue weighted by molar-refractivity contribution is 5.85. The number of likely N-dealkylation sites (tertiary alicyclic amines) is 1. The maximum Gasteiger partial charge on any atom is 0.416 e. The lowest BCUT2D eigenvalue weighted by atomic mass is 10.0. The fourth-order valence-corrected chi connectivity index (χ4v) is 4.59. The molecule has 9 heteroatoms. The Labute approximate surface area is 207 Å². The van der Waals surface area contributed by atoms with E-state index in [1.807, 2.05) is 29.1 Å². The van der Waals surface area contributed by atoms with Crippen molar-refractivity contribution in [3.63, 3.8) is 0 Å². The summed E-state index contributed by atoms with van der Waals surface area (Å²) in [5, 5.41) is 5.48. The van der Waals surface area contributed by atoms with Crippen molar-refractivity contribution in [1.29, 1.82) is 0 Å². The van der Waals surface area contributed by atoms with Gasteiger partial charge in [-0.1, -0.05) is 19.1 Å². The highest BCUT2D eigenvalue weighted by Gasteiger charge is 2.30. The zero-order valence-electron chi connectivity index (χ0n) is 19.2. The molecule has 0 radical (unpaired) electrons. The van der Waals surface area contributed by atoms with Crippen molar-refractivity contribution in [2.75, 3.05) is 19.6 Å². The van der Waals surface area contributed by atoms with Gasteiger partial charge in [0.2, 0.25) is 0 Å². The van der Waals surface area contributed by atoms with Crippen molar-refractivity contribution in [1.82, 2.24) is 19.2 Å². The summed E-state index contributed by atoms with van der Waals surface area (Å²) >= 11 is 0. The smallest absolute Gasteiger partial charge is 0.301 e. The molecule has 1 aliphatic rings. The number of hydrogen-bond acceptors (Lipinski definition) is 3. The zero-order chi connectivity index (χ0) is 23.9. The summed E-state index contributed by atoms with van der Waals surface area (Å²) in [6.07, 6.45) is 0.319. The third-order valence-corrected chi connectivity index (χ3v) is 6.50. The Morgan fingerprint density at radius 1 is 1.00 bits per heavy atom. The second-order valence-electron chi connectivity index (χ2n) is 9.00. The van der Waals surface area contributed by atoms with Gasteiger partial charge in [-0.25, -0.2) is 0 Å². The first-order valence-corrected chi connectivity index (χ1v) is 11.4. The summed E-state index contributed by atoms with van der Waals surface area (Å²) in [6, 6.07) is 13.8. The lowest BCUT2D eigenvalue weighted by molar-refractivity contribution is -0.137. The van der Waals surface area contributed by atoms with Crippen molar-refractivity contribution >= 4 is 23.3 Å². The molecule has 0 unspecified atom stereocenters. The summed E-state index contributed by atoms with van der Waals surface area (Å²) in [4.78, 5) is 15.3. The summed E-state index contributed by atoms with van der Waals surface area (Å²) in [5.74, 6) is 0.751. The highest BCUT2D eigenvalue weighted by atomic mass is 35.5. The summed E-state index contributed by atoms with van der Waals surface area (Å²) in [5.41, 5.74) is 1.89. The van der Waals surface area contributed by atoms with E-state index in [1.54, 1.807) is 12.3 Å². The average Bonchev–Trinajstić information content (AvgIpc) is 3.42. The van der Waals surface area contributed by atoms with Crippen LogP contribution < -0.4 is 5.56 Å². The molecule has 0 saturated carbocycles. The molecule has 1 fully saturated rings. The number of hydrogen-bond donors (Lipinski definition) is 0. The number of benzene rings is 2. The molecule has 4 aromatic rings. The fraction of sp³-hybridized carbons (Fsp3) is 0.308. The first-order valence-electron chi connectivity index (χ1n) is 11.4. The lowest BCUT2D eigenvalue weighted by Gasteiger charge is -2.15. The van der Waals surface area contributed by atoms with Crippen LogP contribution in [0.25, 0.3) is 27.7 Å². The maximum absolute atomic E-state index is 12.8. The van der Waals surface area contributed by atoms with Gasteiger partial charge in [-0.3, -0.25) is 14.0 Å². The molecule has 0 aliphatic carbocycles. The molecule has 0 N–H and O–H groups in total. The summed E-state index contributed by atoms with van der Waals surface area (Å²) < 4.78 is 41.9. The Bertz CT molecular complexity index is 1380. The Morgan fingerprint density at radius 2 is 1.77 bits per heavy atom. The van der Waals surface area contributed by atoms with Gasteiger partial charge in [0.05, 0.1) is 23.8 Å². The second-order valence-corrected chi connectivity index (χ2v) is 9.00. The summed E-state index contributed by atoms with van der Waals surface area (Å²) in [7, 11) is 0. The molecule has 1 atom stereocenters. The van der Waals surface area contributed by atoms with Crippen molar-refractivity contribution in [2.24, 2.45) is 5.92 Å². The van der Waals surface area contributed by atoms with Crippen LogP contribution in [0.1, 0.15) is 18.9 Å². The van der Waals surface area contributed by atoms with Crippen LogP contribution >= 0.6 is 12.4 Å². The molecule has 5 rings (SSSR count). The van der Waals surface area contributed by atoms with Crippen molar-refractivity contribution in [3.8, 4) is 16.8 Å². The molecular weight excluding hydrogens is 477 g/mol. The number of halogens is 4. The number of rotatable bonds is 5. The Kier molecular flexibility index (Phi) is 7.05. The van der Waals surface area contributed by atoms with Crippen LogP contribution in [0.5, 0.6) is 0 Å². The minimum absolute atomic E-state index is 0. The molecule has 1 saturated heterocycles. The monoisotopic (exact) mass is 502 g/mol. The molecule has 184 valence electrons. The summed E-state index contributed by atoms with van der Waals surface area (Å²) in [6.45, 7) is 6.33. The molecule has 35 heavy (non-hydrogen) atoms. The number of nitrogens with zero attached hydrogens (tertiary/aromatic N) is 4. The predicted molar refractivity (Wildman–Crippen MR) is 133 cm³/mol. The van der Waals surface area contributed by atoms with E-state index in [0.717, 1.165) is 55.1 Å². The van der Waals surface area contributed by atoms with Crippen LogP contribution in [-0.2, 0) is 12.7 Å². The maximum atomic E-state index is 12.8. The molecule has 0 bridgehead atoms. The van der Waals surface area contributed by atoms with Gasteiger partial charge in [0.15, 0.2) is 0 Å². The van der Waals surface area contributed by atoms with Crippen LogP contribution in [-0.4, -0.2) is 38.9 Å². The van der Waals surface area contributed by atoms with Crippen molar-refractivity contribution in [2.45, 2.75) is 26.1 Å². The standard InChI is InChI=1S/C26H25F3N4O.ClH/c1-18-8-10-31(17-18)12-13-33-24-7-6-23(14-21(24)16-30-33)32-11-9-20(15-25(32)34)19-2-4-22(5-3-19)26(27,28)29;/h2-7,9,11,14-16,18H,8,10,12-13,17H2,1H3;1H/t18-;/m0./s1. The largest absolute Gasteiger partial charge is 0.416 e. The van der Waals surface area contributed by atoms with Crippen LogP contribution in [0, 0.1) is 5.92 Å². The van der Waals surface area contributed by atoms with E-state index in [4.69, 9.17) is 0 Å². The number of pyridine rings is 1. The molecule has 5 nitrogen and oxygen atoms in total. The minimum atomic E-state index is -4.39.